The fraction of sp³-hybridized carbons (Fsp3) is 0. The number of benzene rings is 2. The van der Waals surface area contributed by atoms with E-state index < -0.39 is 0 Å². The number of nitrogens with two attached hydrogens (primary N) is 1. The van der Waals surface area contributed by atoms with Crippen LogP contribution in [0.3, 0.4) is 0 Å². The first-order valence-electron chi connectivity index (χ1n) is 5.31. The average Bonchev–Trinajstić information content (AvgIpc) is 2.42. The van der Waals surface area contributed by atoms with Gasteiger partial charge in [0.1, 0.15) is 0 Å². The van der Waals surface area contributed by atoms with E-state index in [0.717, 1.165) is 9.79 Å². The van der Waals surface area contributed by atoms with Crippen LogP contribution in [0.1, 0.15) is 5.56 Å². The highest BCUT2D eigenvalue weighted by Crippen LogP contribution is 2.36. The molecular weight excluding hydrogens is 303 g/mol. The van der Waals surface area contributed by atoms with Crippen molar-refractivity contribution in [1.82, 2.24) is 0 Å². The molecule has 0 saturated heterocycles. The van der Waals surface area contributed by atoms with Crippen LogP contribution >= 0.6 is 35.0 Å². The minimum atomic E-state index is 0.0567. The Morgan fingerprint density at radius 2 is 1.84 bits per heavy atom. The van der Waals surface area contributed by atoms with Gasteiger partial charge in [0, 0.05) is 20.4 Å². The van der Waals surface area contributed by atoms with Gasteiger partial charge in [-0.1, -0.05) is 58.3 Å². The van der Waals surface area contributed by atoms with Gasteiger partial charge in [0.25, 0.3) is 0 Å². The summed E-state index contributed by atoms with van der Waals surface area (Å²) in [7, 11) is 0. The molecule has 0 radical (unpaired) electrons. The van der Waals surface area contributed by atoms with Gasteiger partial charge in [0.15, 0.2) is 5.84 Å². The molecular formula is C13H10Cl2N2OS. The van der Waals surface area contributed by atoms with Crippen molar-refractivity contribution < 1.29 is 5.21 Å². The third-order valence-electron chi connectivity index (χ3n) is 2.38. The van der Waals surface area contributed by atoms with Gasteiger partial charge in [-0.3, -0.25) is 0 Å². The maximum Gasteiger partial charge on any atom is 0.171 e. The van der Waals surface area contributed by atoms with Crippen LogP contribution in [0.15, 0.2) is 57.4 Å². The lowest BCUT2D eigenvalue weighted by molar-refractivity contribution is 0.318. The lowest BCUT2D eigenvalue weighted by Gasteiger charge is -2.09. The smallest absolute Gasteiger partial charge is 0.171 e. The number of hydrogen-bond donors (Lipinski definition) is 2. The predicted molar refractivity (Wildman–Crippen MR) is 79.5 cm³/mol. The van der Waals surface area contributed by atoms with Crippen molar-refractivity contribution in [3.63, 3.8) is 0 Å². The van der Waals surface area contributed by atoms with Crippen LogP contribution in [-0.4, -0.2) is 11.0 Å². The highest BCUT2D eigenvalue weighted by molar-refractivity contribution is 7.99. The summed E-state index contributed by atoms with van der Waals surface area (Å²) in [5.41, 5.74) is 6.29. The molecule has 0 amide bonds. The van der Waals surface area contributed by atoms with Crippen molar-refractivity contribution in [1.29, 1.82) is 0 Å². The normalized spacial score (nSPS) is 11.6. The summed E-state index contributed by atoms with van der Waals surface area (Å²) >= 11 is 13.5. The highest BCUT2D eigenvalue weighted by atomic mass is 35.5. The molecule has 0 fully saturated rings. The van der Waals surface area contributed by atoms with E-state index in [1.165, 1.54) is 11.8 Å². The Hall–Kier alpha value is -1.36. The Labute approximate surface area is 125 Å². The predicted octanol–water partition coefficient (Wildman–Crippen LogP) is 4.24. The zero-order chi connectivity index (χ0) is 13.8. The summed E-state index contributed by atoms with van der Waals surface area (Å²) in [4.78, 5) is 1.65. The van der Waals surface area contributed by atoms with Crippen molar-refractivity contribution in [2.45, 2.75) is 9.79 Å². The van der Waals surface area contributed by atoms with E-state index in [0.29, 0.717) is 15.6 Å². The minimum Gasteiger partial charge on any atom is -0.409 e. The summed E-state index contributed by atoms with van der Waals surface area (Å²) in [5.74, 6) is 0.0567. The molecule has 0 unspecified atom stereocenters. The highest BCUT2D eigenvalue weighted by Gasteiger charge is 2.10. The molecule has 0 aliphatic heterocycles. The van der Waals surface area contributed by atoms with Gasteiger partial charge in [-0.05, 0) is 24.3 Å². The molecule has 2 aromatic carbocycles. The van der Waals surface area contributed by atoms with Crippen LogP contribution in [0, 0.1) is 0 Å². The van der Waals surface area contributed by atoms with E-state index >= 15 is 0 Å². The fourth-order valence-corrected chi connectivity index (χ4v) is 2.98. The molecule has 2 aromatic rings. The molecule has 0 aliphatic rings. The SMILES string of the molecule is N/C(=N\O)c1ccccc1Sc1cc(Cl)ccc1Cl. The van der Waals surface area contributed by atoms with Crippen molar-refractivity contribution >= 4 is 40.8 Å². The second-order valence-electron chi connectivity index (χ2n) is 3.66. The standard InChI is InChI=1S/C13H10Cl2N2OS/c14-8-5-6-10(15)12(7-8)19-11-4-2-1-3-9(11)13(16)17-18/h1-7,18H,(H2,16,17). The van der Waals surface area contributed by atoms with Crippen molar-refractivity contribution in [3.8, 4) is 0 Å². The lowest BCUT2D eigenvalue weighted by atomic mass is 10.2. The Morgan fingerprint density at radius 1 is 1.11 bits per heavy atom. The number of hydrogen-bond acceptors (Lipinski definition) is 3. The minimum absolute atomic E-state index is 0.0567. The largest absolute Gasteiger partial charge is 0.409 e. The van der Waals surface area contributed by atoms with Gasteiger partial charge >= 0.3 is 0 Å². The number of rotatable bonds is 3. The maximum atomic E-state index is 8.78. The summed E-state index contributed by atoms with van der Waals surface area (Å²) in [6.45, 7) is 0. The average molecular weight is 313 g/mol. The monoisotopic (exact) mass is 312 g/mol. The fourth-order valence-electron chi connectivity index (χ4n) is 1.49. The molecule has 0 bridgehead atoms. The summed E-state index contributed by atoms with van der Waals surface area (Å²) in [5, 5.41) is 13.0. The molecule has 0 aliphatic carbocycles. The zero-order valence-electron chi connectivity index (χ0n) is 9.68. The molecule has 0 atom stereocenters. The van der Waals surface area contributed by atoms with Gasteiger partial charge in [-0.2, -0.15) is 0 Å². The van der Waals surface area contributed by atoms with Crippen LogP contribution in [-0.2, 0) is 0 Å². The number of oxime groups is 1. The molecule has 0 saturated carbocycles. The first-order valence-corrected chi connectivity index (χ1v) is 6.89. The number of halogens is 2. The number of amidine groups is 1. The molecule has 19 heavy (non-hydrogen) atoms. The second kappa shape index (κ2) is 6.19. The zero-order valence-corrected chi connectivity index (χ0v) is 12.0. The maximum absolute atomic E-state index is 8.78. The summed E-state index contributed by atoms with van der Waals surface area (Å²) in [6.07, 6.45) is 0. The Balaban J connectivity index is 2.41. The molecule has 0 heterocycles. The molecule has 2 rings (SSSR count). The molecule has 0 spiro atoms. The third kappa shape index (κ3) is 3.35. The first kappa shape index (κ1) is 14.1. The molecule has 3 N–H and O–H groups in total. The van der Waals surface area contributed by atoms with E-state index in [4.69, 9.17) is 34.1 Å². The molecule has 98 valence electrons. The van der Waals surface area contributed by atoms with E-state index in [2.05, 4.69) is 5.16 Å². The van der Waals surface area contributed by atoms with Gasteiger partial charge in [-0.25, -0.2) is 0 Å². The molecule has 6 heteroatoms. The Bertz CT molecular complexity index is 632. The van der Waals surface area contributed by atoms with E-state index in [-0.39, 0.29) is 5.84 Å². The second-order valence-corrected chi connectivity index (χ2v) is 5.59. The molecule has 0 aromatic heterocycles. The van der Waals surface area contributed by atoms with Crippen molar-refractivity contribution in [3.05, 3.63) is 58.1 Å². The quantitative estimate of drug-likeness (QED) is 0.386. The van der Waals surface area contributed by atoms with Crippen LogP contribution in [0.25, 0.3) is 0 Å². The Kier molecular flexibility index (Phi) is 4.58. The van der Waals surface area contributed by atoms with Crippen LogP contribution in [0.4, 0.5) is 0 Å². The van der Waals surface area contributed by atoms with Crippen molar-refractivity contribution in [2.75, 3.05) is 0 Å². The van der Waals surface area contributed by atoms with Gasteiger partial charge in [0.05, 0.1) is 5.02 Å². The number of nitrogens with zero attached hydrogens (tertiary/aromatic N) is 1. The summed E-state index contributed by atoms with van der Waals surface area (Å²) < 4.78 is 0. The van der Waals surface area contributed by atoms with Gasteiger partial charge in [0.2, 0.25) is 0 Å². The van der Waals surface area contributed by atoms with Crippen molar-refractivity contribution in [2.24, 2.45) is 10.9 Å². The van der Waals surface area contributed by atoms with Crippen LogP contribution < -0.4 is 5.73 Å². The third-order valence-corrected chi connectivity index (χ3v) is 4.19. The van der Waals surface area contributed by atoms with Gasteiger partial charge < -0.3 is 10.9 Å². The summed E-state index contributed by atoms with van der Waals surface area (Å²) in [6, 6.07) is 12.6. The van der Waals surface area contributed by atoms with E-state index in [1.807, 2.05) is 18.2 Å². The lowest BCUT2D eigenvalue weighted by Crippen LogP contribution is -2.13. The van der Waals surface area contributed by atoms with Gasteiger partial charge in [-0.15, -0.1) is 0 Å². The molecule has 3 nitrogen and oxygen atoms in total. The van der Waals surface area contributed by atoms with Crippen LogP contribution in [0.2, 0.25) is 10.0 Å². The van der Waals surface area contributed by atoms with Crippen LogP contribution in [0.5, 0.6) is 0 Å². The Morgan fingerprint density at radius 3 is 2.58 bits per heavy atom. The first-order chi connectivity index (χ1) is 9.11. The topological polar surface area (TPSA) is 58.6 Å². The van der Waals surface area contributed by atoms with E-state index in [9.17, 15) is 0 Å². The van der Waals surface area contributed by atoms with E-state index in [1.54, 1.807) is 24.3 Å².